The predicted molar refractivity (Wildman–Crippen MR) is 116 cm³/mol. The maximum Gasteiger partial charge on any atom is 0.144 e. The molecule has 3 aromatic rings. The SMILES string of the molecule is O=C1C[C@H](c2ccc(Br)cc2)N[C@@H](c2ccc(Br)cc2)[C@@H]1c1ccccc1. The Morgan fingerprint density at radius 1 is 0.704 bits per heavy atom. The molecule has 1 aliphatic heterocycles. The van der Waals surface area contributed by atoms with Gasteiger partial charge in [-0.3, -0.25) is 4.79 Å². The summed E-state index contributed by atoms with van der Waals surface area (Å²) in [5.41, 5.74) is 3.33. The zero-order valence-electron chi connectivity index (χ0n) is 14.6. The second-order valence-corrected chi connectivity index (χ2v) is 8.69. The molecule has 4 heteroatoms. The number of nitrogens with one attached hydrogen (secondary N) is 1. The van der Waals surface area contributed by atoms with E-state index in [9.17, 15) is 4.79 Å². The van der Waals surface area contributed by atoms with Crippen LogP contribution in [-0.4, -0.2) is 5.78 Å². The van der Waals surface area contributed by atoms with Crippen molar-refractivity contribution in [1.82, 2.24) is 5.32 Å². The molecule has 136 valence electrons. The fourth-order valence-corrected chi connectivity index (χ4v) is 4.32. The first-order valence-corrected chi connectivity index (χ1v) is 10.5. The maximum absolute atomic E-state index is 13.2. The summed E-state index contributed by atoms with van der Waals surface area (Å²) >= 11 is 6.99. The third-order valence-electron chi connectivity index (χ3n) is 5.13. The van der Waals surface area contributed by atoms with Crippen LogP contribution in [0.15, 0.2) is 87.8 Å². The van der Waals surface area contributed by atoms with Gasteiger partial charge in [-0.2, -0.15) is 0 Å². The van der Waals surface area contributed by atoms with Gasteiger partial charge in [0.05, 0.1) is 5.92 Å². The number of hydrogen-bond acceptors (Lipinski definition) is 2. The fraction of sp³-hybridized carbons (Fsp3) is 0.174. The van der Waals surface area contributed by atoms with Crippen molar-refractivity contribution in [2.75, 3.05) is 0 Å². The number of benzene rings is 3. The first-order valence-electron chi connectivity index (χ1n) is 8.96. The summed E-state index contributed by atoms with van der Waals surface area (Å²) in [7, 11) is 0. The summed E-state index contributed by atoms with van der Waals surface area (Å²) in [4.78, 5) is 13.2. The molecule has 0 amide bonds. The van der Waals surface area contributed by atoms with Crippen molar-refractivity contribution in [2.45, 2.75) is 24.4 Å². The molecule has 1 aliphatic rings. The van der Waals surface area contributed by atoms with E-state index in [1.165, 1.54) is 0 Å². The van der Waals surface area contributed by atoms with Gasteiger partial charge in [-0.25, -0.2) is 0 Å². The molecular formula is C23H19Br2NO. The Morgan fingerprint density at radius 2 is 1.26 bits per heavy atom. The average molecular weight is 485 g/mol. The molecule has 4 rings (SSSR count). The second-order valence-electron chi connectivity index (χ2n) is 6.86. The number of ketones is 1. The minimum Gasteiger partial charge on any atom is -0.302 e. The van der Waals surface area contributed by atoms with E-state index in [0.717, 1.165) is 25.6 Å². The summed E-state index contributed by atoms with van der Waals surface area (Å²) in [5.74, 6) is 0.0971. The first kappa shape index (κ1) is 18.6. The van der Waals surface area contributed by atoms with Gasteiger partial charge in [0.25, 0.3) is 0 Å². The molecule has 0 unspecified atom stereocenters. The quantitative estimate of drug-likeness (QED) is 0.469. The number of halogens is 2. The molecule has 2 nitrogen and oxygen atoms in total. The largest absolute Gasteiger partial charge is 0.302 e. The molecule has 1 N–H and O–H groups in total. The first-order chi connectivity index (χ1) is 13.1. The lowest BCUT2D eigenvalue weighted by Gasteiger charge is -2.37. The molecule has 0 aliphatic carbocycles. The number of piperidine rings is 1. The van der Waals surface area contributed by atoms with Crippen LogP contribution in [0.5, 0.6) is 0 Å². The van der Waals surface area contributed by atoms with E-state index in [2.05, 4.69) is 73.6 Å². The van der Waals surface area contributed by atoms with E-state index >= 15 is 0 Å². The summed E-state index contributed by atoms with van der Waals surface area (Å²) in [6.45, 7) is 0. The van der Waals surface area contributed by atoms with Crippen molar-refractivity contribution >= 4 is 37.6 Å². The van der Waals surface area contributed by atoms with Crippen molar-refractivity contribution in [2.24, 2.45) is 0 Å². The van der Waals surface area contributed by atoms with Gasteiger partial charge in [-0.1, -0.05) is 86.5 Å². The van der Waals surface area contributed by atoms with Crippen molar-refractivity contribution in [3.63, 3.8) is 0 Å². The summed E-state index contributed by atoms with van der Waals surface area (Å²) in [6.07, 6.45) is 0.494. The van der Waals surface area contributed by atoms with Crippen LogP contribution >= 0.6 is 31.9 Å². The topological polar surface area (TPSA) is 29.1 Å². The van der Waals surface area contributed by atoms with E-state index in [-0.39, 0.29) is 23.8 Å². The highest BCUT2D eigenvalue weighted by Crippen LogP contribution is 2.41. The third-order valence-corrected chi connectivity index (χ3v) is 6.18. The highest BCUT2D eigenvalue weighted by molar-refractivity contribution is 9.10. The standard InChI is InChI=1S/C23H19Br2NO/c24-18-10-6-15(7-11-18)20-14-21(27)22(16-4-2-1-3-5-16)23(26-20)17-8-12-19(25)13-9-17/h1-13,20,22-23,26H,14H2/t20-,22-,23+/m1/s1. The number of rotatable bonds is 3. The lowest BCUT2D eigenvalue weighted by molar-refractivity contribution is -0.123. The Labute approximate surface area is 176 Å². The lowest BCUT2D eigenvalue weighted by Crippen LogP contribution is -2.41. The van der Waals surface area contributed by atoms with E-state index in [0.29, 0.717) is 6.42 Å². The zero-order chi connectivity index (χ0) is 18.8. The molecule has 3 atom stereocenters. The molecule has 1 saturated heterocycles. The van der Waals surface area contributed by atoms with Gasteiger partial charge < -0.3 is 5.32 Å². The van der Waals surface area contributed by atoms with Crippen LogP contribution < -0.4 is 5.32 Å². The van der Waals surface area contributed by atoms with Gasteiger partial charge in [0.2, 0.25) is 0 Å². The molecular weight excluding hydrogens is 466 g/mol. The van der Waals surface area contributed by atoms with Crippen LogP contribution in [0.25, 0.3) is 0 Å². The van der Waals surface area contributed by atoms with Gasteiger partial charge in [-0.15, -0.1) is 0 Å². The molecule has 0 bridgehead atoms. The van der Waals surface area contributed by atoms with Crippen LogP contribution in [0.2, 0.25) is 0 Å². The number of hydrogen-bond donors (Lipinski definition) is 1. The van der Waals surface area contributed by atoms with Gasteiger partial charge >= 0.3 is 0 Å². The lowest BCUT2D eigenvalue weighted by atomic mass is 9.77. The Morgan fingerprint density at radius 3 is 1.85 bits per heavy atom. The van der Waals surface area contributed by atoms with Crippen LogP contribution in [0, 0.1) is 0 Å². The molecule has 0 aromatic heterocycles. The zero-order valence-corrected chi connectivity index (χ0v) is 17.8. The smallest absolute Gasteiger partial charge is 0.144 e. The van der Waals surface area contributed by atoms with Gasteiger partial charge in [-0.05, 0) is 41.0 Å². The van der Waals surface area contributed by atoms with Crippen molar-refractivity contribution in [1.29, 1.82) is 0 Å². The van der Waals surface area contributed by atoms with E-state index < -0.39 is 0 Å². The van der Waals surface area contributed by atoms with E-state index in [1.54, 1.807) is 0 Å². The van der Waals surface area contributed by atoms with Crippen molar-refractivity contribution in [3.8, 4) is 0 Å². The Bertz CT molecular complexity index is 923. The van der Waals surface area contributed by atoms with Crippen LogP contribution in [0.1, 0.15) is 41.1 Å². The minimum absolute atomic E-state index is 0.0132. The molecule has 3 aromatic carbocycles. The monoisotopic (exact) mass is 483 g/mol. The fourth-order valence-electron chi connectivity index (χ4n) is 3.79. The molecule has 1 heterocycles. The minimum atomic E-state index is -0.181. The molecule has 0 radical (unpaired) electrons. The predicted octanol–water partition coefficient (Wildman–Crippen LogP) is 6.34. The van der Waals surface area contributed by atoms with E-state index in [1.807, 2.05) is 42.5 Å². The summed E-state index contributed by atoms with van der Waals surface area (Å²) in [5, 5.41) is 3.75. The third kappa shape index (κ3) is 4.08. The van der Waals surface area contributed by atoms with Gasteiger partial charge in [0.1, 0.15) is 5.78 Å². The van der Waals surface area contributed by atoms with Crippen LogP contribution in [0.4, 0.5) is 0 Å². The molecule has 1 fully saturated rings. The normalized spacial score (nSPS) is 22.6. The summed E-state index contributed by atoms with van der Waals surface area (Å²) in [6, 6.07) is 26.5. The summed E-state index contributed by atoms with van der Waals surface area (Å²) < 4.78 is 2.08. The number of carbonyl (C=O) groups excluding carboxylic acids is 1. The van der Waals surface area contributed by atoms with Crippen LogP contribution in [-0.2, 0) is 4.79 Å². The Kier molecular flexibility index (Phi) is 5.58. The van der Waals surface area contributed by atoms with Crippen molar-refractivity contribution in [3.05, 3.63) is 104 Å². The molecule has 0 saturated carbocycles. The van der Waals surface area contributed by atoms with E-state index in [4.69, 9.17) is 0 Å². The molecule has 0 spiro atoms. The van der Waals surface area contributed by atoms with Gasteiger partial charge in [0.15, 0.2) is 0 Å². The highest BCUT2D eigenvalue weighted by atomic mass is 79.9. The number of Topliss-reactive ketones (excluding diaryl/α,β-unsaturated/α-hetero) is 1. The second kappa shape index (κ2) is 8.09. The highest BCUT2D eigenvalue weighted by Gasteiger charge is 2.38. The Balaban J connectivity index is 1.73. The number of carbonyl (C=O) groups is 1. The molecule has 27 heavy (non-hydrogen) atoms. The van der Waals surface area contributed by atoms with Crippen LogP contribution in [0.3, 0.4) is 0 Å². The maximum atomic E-state index is 13.2. The Hall–Kier alpha value is -1.75. The average Bonchev–Trinajstić information content (AvgIpc) is 2.69. The van der Waals surface area contributed by atoms with Crippen molar-refractivity contribution < 1.29 is 4.79 Å². The van der Waals surface area contributed by atoms with Gasteiger partial charge in [0, 0.05) is 27.4 Å².